The Kier molecular flexibility index (Phi) is 2.82. The molecule has 2 aromatic carbocycles. The van der Waals surface area contributed by atoms with Crippen molar-refractivity contribution in [2.75, 3.05) is 6.54 Å². The highest BCUT2D eigenvalue weighted by molar-refractivity contribution is 5.99. The lowest BCUT2D eigenvalue weighted by Gasteiger charge is -2.20. The van der Waals surface area contributed by atoms with Crippen LogP contribution >= 0.6 is 0 Å². The third kappa shape index (κ3) is 1.78. The molecule has 1 saturated heterocycles. The van der Waals surface area contributed by atoms with E-state index in [4.69, 9.17) is 0 Å². The van der Waals surface area contributed by atoms with Gasteiger partial charge in [-0.2, -0.15) is 0 Å². The topological polar surface area (TPSA) is 51.0 Å². The summed E-state index contributed by atoms with van der Waals surface area (Å²) in [6.45, 7) is 0.783. The summed E-state index contributed by atoms with van der Waals surface area (Å²) in [4.78, 5) is 14.9. The average Bonchev–Trinajstić information content (AvgIpc) is 3.26. The van der Waals surface area contributed by atoms with Gasteiger partial charge >= 0.3 is 0 Å². The van der Waals surface area contributed by atoms with Crippen LogP contribution in [0.3, 0.4) is 0 Å². The van der Waals surface area contributed by atoms with Crippen molar-refractivity contribution in [2.45, 2.75) is 18.9 Å². The van der Waals surface area contributed by atoms with Crippen molar-refractivity contribution in [1.82, 2.24) is 19.7 Å². The average molecular weight is 316 g/mol. The quantitative estimate of drug-likeness (QED) is 0.692. The Morgan fingerprint density at radius 2 is 1.75 bits per heavy atom. The van der Waals surface area contributed by atoms with E-state index in [1.165, 1.54) is 0 Å². The van der Waals surface area contributed by atoms with E-state index < -0.39 is 0 Å². The molecular weight excluding hydrogens is 300 g/mol. The molecule has 0 aliphatic carbocycles. The standard InChI is InChI=1S/C19H16N4O/c24-19-14-9-4-5-10-15(14)23-17(13-7-2-1-3-8-13)20-21-18(23)16-11-6-12-22(16)19/h1-5,7-10,16H,6,11-12H2. The van der Waals surface area contributed by atoms with Crippen LogP contribution in [0.1, 0.15) is 35.1 Å². The summed E-state index contributed by atoms with van der Waals surface area (Å²) in [7, 11) is 0. The Bertz CT molecular complexity index is 932. The highest BCUT2D eigenvalue weighted by atomic mass is 16.2. The fraction of sp³-hybridized carbons (Fsp3) is 0.211. The van der Waals surface area contributed by atoms with Gasteiger partial charge in [-0.25, -0.2) is 0 Å². The Labute approximate surface area is 139 Å². The fourth-order valence-electron chi connectivity index (χ4n) is 3.81. The molecule has 1 fully saturated rings. The maximum Gasteiger partial charge on any atom is 0.256 e. The van der Waals surface area contributed by atoms with Crippen molar-refractivity contribution >= 4 is 5.91 Å². The van der Waals surface area contributed by atoms with Crippen LogP contribution in [-0.4, -0.2) is 32.1 Å². The molecule has 3 aromatic rings. The summed E-state index contributed by atoms with van der Waals surface area (Å²) >= 11 is 0. The van der Waals surface area contributed by atoms with E-state index in [2.05, 4.69) is 14.8 Å². The molecule has 0 spiro atoms. The zero-order valence-electron chi connectivity index (χ0n) is 13.1. The van der Waals surface area contributed by atoms with E-state index in [0.29, 0.717) is 0 Å². The minimum absolute atomic E-state index is 0.00913. The van der Waals surface area contributed by atoms with Crippen LogP contribution in [0.5, 0.6) is 0 Å². The second-order valence-electron chi connectivity index (χ2n) is 6.26. The van der Waals surface area contributed by atoms with Gasteiger partial charge in [0.1, 0.15) is 0 Å². The lowest BCUT2D eigenvalue weighted by molar-refractivity contribution is 0.0736. The SMILES string of the molecule is O=C1c2ccccc2-n2c(-c3ccccc3)nnc2C2CCCN12. The minimum Gasteiger partial charge on any atom is -0.328 e. The molecule has 5 rings (SSSR count). The number of nitrogens with zero attached hydrogens (tertiary/aromatic N) is 4. The van der Waals surface area contributed by atoms with Gasteiger partial charge in [0, 0.05) is 12.1 Å². The van der Waals surface area contributed by atoms with Crippen LogP contribution < -0.4 is 0 Å². The van der Waals surface area contributed by atoms with Crippen LogP contribution in [0.4, 0.5) is 0 Å². The molecule has 5 heteroatoms. The molecule has 1 aromatic heterocycles. The van der Waals surface area contributed by atoms with Crippen molar-refractivity contribution in [3.05, 3.63) is 66.0 Å². The molecule has 2 aliphatic heterocycles. The van der Waals surface area contributed by atoms with Gasteiger partial charge in [0.25, 0.3) is 5.91 Å². The number of rotatable bonds is 1. The van der Waals surface area contributed by atoms with Gasteiger partial charge < -0.3 is 4.90 Å². The van der Waals surface area contributed by atoms with E-state index in [1.54, 1.807) is 0 Å². The van der Waals surface area contributed by atoms with Crippen molar-refractivity contribution in [3.8, 4) is 17.1 Å². The highest BCUT2D eigenvalue weighted by Crippen LogP contribution is 2.39. The van der Waals surface area contributed by atoms with E-state index in [0.717, 1.165) is 47.8 Å². The summed E-state index contributed by atoms with van der Waals surface area (Å²) in [5, 5.41) is 8.96. The number of fused-ring (bicyclic) bond motifs is 5. The van der Waals surface area contributed by atoms with Crippen LogP contribution in [0.25, 0.3) is 17.1 Å². The fourth-order valence-corrected chi connectivity index (χ4v) is 3.81. The maximum atomic E-state index is 13.0. The number of carbonyl (C=O) groups excluding carboxylic acids is 1. The van der Waals surface area contributed by atoms with Crippen LogP contribution in [0, 0.1) is 0 Å². The van der Waals surface area contributed by atoms with E-state index in [1.807, 2.05) is 59.5 Å². The summed E-state index contributed by atoms with van der Waals surface area (Å²) < 4.78 is 2.07. The Morgan fingerprint density at radius 3 is 2.62 bits per heavy atom. The summed E-state index contributed by atoms with van der Waals surface area (Å²) in [5.41, 5.74) is 2.60. The zero-order valence-corrected chi connectivity index (χ0v) is 13.1. The molecule has 2 aliphatic rings. The predicted molar refractivity (Wildman–Crippen MR) is 89.8 cm³/mol. The Balaban J connectivity index is 1.83. The Morgan fingerprint density at radius 1 is 0.958 bits per heavy atom. The zero-order chi connectivity index (χ0) is 16.1. The molecule has 3 heterocycles. The molecule has 0 saturated carbocycles. The monoisotopic (exact) mass is 316 g/mol. The number of benzene rings is 2. The number of para-hydroxylation sites is 1. The first-order valence-electron chi connectivity index (χ1n) is 8.26. The summed E-state index contributed by atoms with van der Waals surface area (Å²) in [6.07, 6.45) is 1.94. The molecule has 1 unspecified atom stereocenters. The normalized spacial score (nSPS) is 18.8. The van der Waals surface area contributed by atoms with Gasteiger partial charge in [0.2, 0.25) is 0 Å². The van der Waals surface area contributed by atoms with Crippen LogP contribution in [0.15, 0.2) is 54.6 Å². The number of hydrogen-bond acceptors (Lipinski definition) is 3. The van der Waals surface area contributed by atoms with Gasteiger partial charge in [0.15, 0.2) is 11.6 Å². The molecule has 0 bridgehead atoms. The van der Waals surface area contributed by atoms with E-state index in [-0.39, 0.29) is 11.9 Å². The molecule has 1 amide bonds. The van der Waals surface area contributed by atoms with Crippen molar-refractivity contribution in [2.24, 2.45) is 0 Å². The van der Waals surface area contributed by atoms with Crippen molar-refractivity contribution in [1.29, 1.82) is 0 Å². The van der Waals surface area contributed by atoms with Gasteiger partial charge in [-0.05, 0) is 25.0 Å². The van der Waals surface area contributed by atoms with Crippen molar-refractivity contribution < 1.29 is 4.79 Å². The number of amides is 1. The molecule has 1 atom stereocenters. The summed E-state index contributed by atoms with van der Waals surface area (Å²) in [6, 6.07) is 17.8. The molecule has 24 heavy (non-hydrogen) atoms. The third-order valence-electron chi connectivity index (χ3n) is 4.91. The molecular formula is C19H16N4O. The van der Waals surface area contributed by atoms with Crippen LogP contribution in [0.2, 0.25) is 0 Å². The summed E-state index contributed by atoms with van der Waals surface area (Å²) in [5.74, 6) is 1.75. The molecule has 0 radical (unpaired) electrons. The lowest BCUT2D eigenvalue weighted by Crippen LogP contribution is -2.29. The Hall–Kier alpha value is -2.95. The largest absolute Gasteiger partial charge is 0.328 e. The lowest BCUT2D eigenvalue weighted by atomic mass is 10.1. The highest BCUT2D eigenvalue weighted by Gasteiger charge is 2.39. The number of carbonyl (C=O) groups is 1. The van der Waals surface area contributed by atoms with Crippen molar-refractivity contribution in [3.63, 3.8) is 0 Å². The second-order valence-corrected chi connectivity index (χ2v) is 6.26. The van der Waals surface area contributed by atoms with Gasteiger partial charge in [-0.15, -0.1) is 10.2 Å². The number of hydrogen-bond donors (Lipinski definition) is 0. The van der Waals surface area contributed by atoms with Gasteiger partial charge in [-0.1, -0.05) is 42.5 Å². The molecule has 5 nitrogen and oxygen atoms in total. The maximum absolute atomic E-state index is 13.0. The van der Waals surface area contributed by atoms with Crippen LogP contribution in [-0.2, 0) is 0 Å². The smallest absolute Gasteiger partial charge is 0.256 e. The third-order valence-corrected chi connectivity index (χ3v) is 4.91. The first-order valence-corrected chi connectivity index (χ1v) is 8.26. The second kappa shape index (κ2) is 5.03. The first-order chi connectivity index (χ1) is 11.8. The minimum atomic E-state index is 0.00913. The van der Waals surface area contributed by atoms with E-state index in [9.17, 15) is 4.79 Å². The molecule has 118 valence electrons. The first kappa shape index (κ1) is 13.5. The van der Waals surface area contributed by atoms with E-state index >= 15 is 0 Å². The number of aromatic nitrogens is 3. The molecule has 0 N–H and O–H groups in total. The predicted octanol–water partition coefficient (Wildman–Crippen LogP) is 3.23. The van der Waals surface area contributed by atoms with Gasteiger partial charge in [0.05, 0.1) is 17.3 Å². The van der Waals surface area contributed by atoms with Gasteiger partial charge in [-0.3, -0.25) is 9.36 Å².